The Kier molecular flexibility index (Phi) is 9.96. The van der Waals surface area contributed by atoms with Gasteiger partial charge in [0, 0.05) is 19.6 Å². The van der Waals surface area contributed by atoms with Gasteiger partial charge in [-0.25, -0.2) is 0 Å². The van der Waals surface area contributed by atoms with Crippen molar-refractivity contribution < 1.29 is 4.74 Å². The SMILES string of the molecule is CC(C)(CNCCCc1ccccc1)CNCCOC(c1ccccc1)c1ccccc1. The summed E-state index contributed by atoms with van der Waals surface area (Å²) in [7, 11) is 0. The van der Waals surface area contributed by atoms with Crippen molar-refractivity contribution in [1.29, 1.82) is 0 Å². The number of ether oxygens (including phenoxy) is 1. The Morgan fingerprint density at radius 3 is 1.75 bits per heavy atom. The molecule has 0 unspecified atom stereocenters. The normalized spacial score (nSPS) is 11.7. The number of rotatable bonds is 14. The summed E-state index contributed by atoms with van der Waals surface area (Å²) in [5, 5.41) is 7.21. The molecule has 0 spiro atoms. The molecular weight excluding hydrogens is 392 g/mol. The predicted molar refractivity (Wildman–Crippen MR) is 135 cm³/mol. The summed E-state index contributed by atoms with van der Waals surface area (Å²) in [5.41, 5.74) is 4.00. The van der Waals surface area contributed by atoms with Gasteiger partial charge in [0.15, 0.2) is 0 Å². The van der Waals surface area contributed by atoms with E-state index in [-0.39, 0.29) is 11.5 Å². The van der Waals surface area contributed by atoms with E-state index in [2.05, 4.69) is 103 Å². The average Bonchev–Trinajstić information content (AvgIpc) is 2.83. The zero-order valence-electron chi connectivity index (χ0n) is 19.6. The molecule has 0 saturated heterocycles. The van der Waals surface area contributed by atoms with Gasteiger partial charge in [0.05, 0.1) is 6.61 Å². The second kappa shape index (κ2) is 13.2. The summed E-state index contributed by atoms with van der Waals surface area (Å²) in [6.07, 6.45) is 2.27. The first-order valence-corrected chi connectivity index (χ1v) is 11.8. The van der Waals surface area contributed by atoms with Crippen LogP contribution in [0.3, 0.4) is 0 Å². The van der Waals surface area contributed by atoms with E-state index < -0.39 is 0 Å². The van der Waals surface area contributed by atoms with Gasteiger partial charge >= 0.3 is 0 Å². The lowest BCUT2D eigenvalue weighted by Crippen LogP contribution is -2.39. The first-order chi connectivity index (χ1) is 15.6. The fraction of sp³-hybridized carbons (Fsp3) is 0.379. The Hall–Kier alpha value is -2.46. The van der Waals surface area contributed by atoms with E-state index in [9.17, 15) is 0 Å². The van der Waals surface area contributed by atoms with Gasteiger partial charge in [0.2, 0.25) is 0 Å². The molecule has 3 aromatic carbocycles. The van der Waals surface area contributed by atoms with E-state index in [0.717, 1.165) is 32.6 Å². The molecule has 170 valence electrons. The maximum atomic E-state index is 6.31. The first-order valence-electron chi connectivity index (χ1n) is 11.8. The van der Waals surface area contributed by atoms with Gasteiger partial charge in [-0.15, -0.1) is 0 Å². The summed E-state index contributed by atoms with van der Waals surface area (Å²) >= 11 is 0. The van der Waals surface area contributed by atoms with Crippen LogP contribution < -0.4 is 10.6 Å². The standard InChI is InChI=1S/C29H38N2O/c1-29(2,23-30-20-12-15-25-13-6-3-7-14-25)24-31-21-22-32-28(26-16-8-4-9-17-26)27-18-10-5-11-19-27/h3-11,13-14,16-19,28,30-31H,12,15,20-24H2,1-2H3. The molecule has 0 amide bonds. The molecule has 32 heavy (non-hydrogen) atoms. The minimum absolute atomic E-state index is 0.0292. The third kappa shape index (κ3) is 8.58. The minimum atomic E-state index is -0.0292. The molecule has 0 saturated carbocycles. The van der Waals surface area contributed by atoms with Gasteiger partial charge in [-0.2, -0.15) is 0 Å². The topological polar surface area (TPSA) is 33.3 Å². The molecule has 2 N–H and O–H groups in total. The molecule has 0 radical (unpaired) electrons. The zero-order valence-corrected chi connectivity index (χ0v) is 19.6. The van der Waals surface area contributed by atoms with Crippen molar-refractivity contribution >= 4 is 0 Å². The van der Waals surface area contributed by atoms with Gasteiger partial charge in [0.25, 0.3) is 0 Å². The molecule has 0 atom stereocenters. The van der Waals surface area contributed by atoms with Crippen molar-refractivity contribution in [2.45, 2.75) is 32.8 Å². The number of benzene rings is 3. The van der Waals surface area contributed by atoms with Crippen LogP contribution in [0.2, 0.25) is 0 Å². The lowest BCUT2D eigenvalue weighted by atomic mass is 9.93. The van der Waals surface area contributed by atoms with Crippen LogP contribution in [-0.4, -0.2) is 32.8 Å². The van der Waals surface area contributed by atoms with E-state index in [1.807, 2.05) is 12.1 Å². The molecular formula is C29H38N2O. The molecule has 0 bridgehead atoms. The molecule has 3 heteroatoms. The number of hydrogen-bond acceptors (Lipinski definition) is 3. The van der Waals surface area contributed by atoms with Crippen LogP contribution >= 0.6 is 0 Å². The minimum Gasteiger partial charge on any atom is -0.367 e. The van der Waals surface area contributed by atoms with Crippen LogP contribution in [0.5, 0.6) is 0 Å². The Labute approximate surface area is 194 Å². The maximum Gasteiger partial charge on any atom is 0.108 e. The fourth-order valence-corrected chi connectivity index (χ4v) is 3.87. The van der Waals surface area contributed by atoms with Crippen LogP contribution in [0.25, 0.3) is 0 Å². The quantitative estimate of drug-likeness (QED) is 0.325. The van der Waals surface area contributed by atoms with Crippen LogP contribution in [-0.2, 0) is 11.2 Å². The molecule has 0 aliphatic heterocycles. The molecule has 0 fully saturated rings. The molecule has 0 heterocycles. The van der Waals surface area contributed by atoms with Crippen LogP contribution in [0.15, 0.2) is 91.0 Å². The van der Waals surface area contributed by atoms with Gasteiger partial charge in [0.1, 0.15) is 6.10 Å². The van der Waals surface area contributed by atoms with E-state index in [0.29, 0.717) is 6.61 Å². The summed E-state index contributed by atoms with van der Waals surface area (Å²) in [4.78, 5) is 0. The number of hydrogen-bond donors (Lipinski definition) is 2. The van der Waals surface area contributed by atoms with Crippen molar-refractivity contribution in [2.75, 3.05) is 32.8 Å². The predicted octanol–water partition coefficient (Wildman–Crippen LogP) is 5.63. The highest BCUT2D eigenvalue weighted by atomic mass is 16.5. The van der Waals surface area contributed by atoms with Crippen LogP contribution in [0.4, 0.5) is 0 Å². The second-order valence-corrected chi connectivity index (χ2v) is 9.18. The van der Waals surface area contributed by atoms with E-state index in [1.165, 1.54) is 23.1 Å². The molecule has 3 aromatic rings. The third-order valence-electron chi connectivity index (χ3n) is 5.64. The first kappa shape index (κ1) is 24.2. The molecule has 0 aromatic heterocycles. The third-order valence-corrected chi connectivity index (χ3v) is 5.64. The Bertz CT molecular complexity index is 826. The van der Waals surface area contributed by atoms with Gasteiger partial charge in [-0.3, -0.25) is 0 Å². The van der Waals surface area contributed by atoms with Crippen molar-refractivity contribution in [2.24, 2.45) is 5.41 Å². The van der Waals surface area contributed by atoms with Crippen LogP contribution in [0.1, 0.15) is 43.1 Å². The lowest BCUT2D eigenvalue weighted by Gasteiger charge is -2.26. The van der Waals surface area contributed by atoms with Gasteiger partial charge in [-0.05, 0) is 41.5 Å². The molecule has 3 nitrogen and oxygen atoms in total. The van der Waals surface area contributed by atoms with Crippen molar-refractivity contribution in [3.05, 3.63) is 108 Å². The zero-order chi connectivity index (χ0) is 22.5. The van der Waals surface area contributed by atoms with Crippen LogP contribution in [0, 0.1) is 5.41 Å². The fourth-order valence-electron chi connectivity index (χ4n) is 3.87. The van der Waals surface area contributed by atoms with Crippen molar-refractivity contribution in [1.82, 2.24) is 10.6 Å². The van der Waals surface area contributed by atoms with E-state index in [1.54, 1.807) is 0 Å². The monoisotopic (exact) mass is 430 g/mol. The van der Waals surface area contributed by atoms with Crippen molar-refractivity contribution in [3.8, 4) is 0 Å². The smallest absolute Gasteiger partial charge is 0.108 e. The highest BCUT2D eigenvalue weighted by Gasteiger charge is 2.17. The Morgan fingerprint density at radius 2 is 1.19 bits per heavy atom. The summed E-state index contributed by atoms with van der Waals surface area (Å²) in [6, 6.07) is 31.6. The molecule has 0 aliphatic rings. The Morgan fingerprint density at radius 1 is 0.688 bits per heavy atom. The highest BCUT2D eigenvalue weighted by Crippen LogP contribution is 2.25. The van der Waals surface area contributed by atoms with Crippen molar-refractivity contribution in [3.63, 3.8) is 0 Å². The number of aryl methyl sites for hydroxylation is 1. The second-order valence-electron chi connectivity index (χ2n) is 9.18. The largest absolute Gasteiger partial charge is 0.367 e. The average molecular weight is 431 g/mol. The Balaban J connectivity index is 1.34. The summed E-state index contributed by atoms with van der Waals surface area (Å²) < 4.78 is 6.31. The van der Waals surface area contributed by atoms with Gasteiger partial charge < -0.3 is 15.4 Å². The highest BCUT2D eigenvalue weighted by molar-refractivity contribution is 5.29. The van der Waals surface area contributed by atoms with E-state index in [4.69, 9.17) is 4.74 Å². The summed E-state index contributed by atoms with van der Waals surface area (Å²) in [5.74, 6) is 0. The summed E-state index contributed by atoms with van der Waals surface area (Å²) in [6.45, 7) is 9.15. The van der Waals surface area contributed by atoms with E-state index >= 15 is 0 Å². The number of nitrogens with one attached hydrogen (secondary N) is 2. The maximum absolute atomic E-state index is 6.31. The lowest BCUT2D eigenvalue weighted by molar-refractivity contribution is 0.0807. The van der Waals surface area contributed by atoms with Gasteiger partial charge in [-0.1, -0.05) is 105 Å². The molecule has 0 aliphatic carbocycles. The molecule has 3 rings (SSSR count).